The number of H-pyrrole nitrogens is 1. The molecule has 1 aromatic heterocycles. The summed E-state index contributed by atoms with van der Waals surface area (Å²) in [6.07, 6.45) is 3.88. The van der Waals surface area contributed by atoms with E-state index in [1.807, 2.05) is 31.7 Å². The summed E-state index contributed by atoms with van der Waals surface area (Å²) in [5, 5.41) is 1.25. The van der Waals surface area contributed by atoms with Crippen LogP contribution in [0.15, 0.2) is 53.6 Å². The quantitative estimate of drug-likeness (QED) is 0.596. The molecule has 1 fully saturated rings. The van der Waals surface area contributed by atoms with E-state index in [1.54, 1.807) is 18.2 Å². The molecule has 7 heteroatoms. The Kier molecular flexibility index (Phi) is 6.40. The van der Waals surface area contributed by atoms with Crippen LogP contribution in [0.3, 0.4) is 0 Å². The van der Waals surface area contributed by atoms with Crippen LogP contribution in [0, 0.1) is 6.92 Å². The second kappa shape index (κ2) is 9.08. The third kappa shape index (κ3) is 4.07. The molecule has 2 heterocycles. The van der Waals surface area contributed by atoms with Gasteiger partial charge >= 0.3 is 0 Å². The molecule has 1 amide bonds. The lowest BCUT2D eigenvalue weighted by molar-refractivity contribution is 0.0712. The summed E-state index contributed by atoms with van der Waals surface area (Å²) < 4.78 is 27.3. The highest BCUT2D eigenvalue weighted by atomic mass is 32.2. The van der Waals surface area contributed by atoms with Crippen molar-refractivity contribution in [3.05, 3.63) is 65.4 Å². The molecule has 1 N–H and O–H groups in total. The maximum Gasteiger partial charge on any atom is 0.254 e. The molecular weight excluding hydrogens is 422 g/mol. The number of nitrogens with one attached hydrogen (secondary N) is 1. The Balaban J connectivity index is 1.52. The minimum atomic E-state index is -3.60. The van der Waals surface area contributed by atoms with E-state index in [2.05, 4.69) is 29.4 Å². The zero-order valence-corrected chi connectivity index (χ0v) is 19.8. The van der Waals surface area contributed by atoms with Crippen molar-refractivity contribution in [2.75, 3.05) is 26.2 Å². The number of aromatic amines is 1. The van der Waals surface area contributed by atoms with Crippen LogP contribution in [-0.4, -0.2) is 54.7 Å². The number of sulfonamides is 1. The highest BCUT2D eigenvalue weighted by molar-refractivity contribution is 7.89. The van der Waals surface area contributed by atoms with Gasteiger partial charge in [0.05, 0.1) is 4.90 Å². The molecule has 1 aliphatic heterocycles. The van der Waals surface area contributed by atoms with Crippen LogP contribution in [-0.2, 0) is 10.0 Å². The molecule has 3 aromatic rings. The van der Waals surface area contributed by atoms with Gasteiger partial charge in [-0.05, 0) is 55.0 Å². The number of likely N-dealkylation sites (tertiary alicyclic amines) is 1. The first-order valence-corrected chi connectivity index (χ1v) is 12.8. The number of hydrogen-bond donors (Lipinski definition) is 1. The van der Waals surface area contributed by atoms with Gasteiger partial charge in [0.25, 0.3) is 5.91 Å². The molecule has 32 heavy (non-hydrogen) atoms. The van der Waals surface area contributed by atoms with Gasteiger partial charge in [-0.1, -0.05) is 38.1 Å². The van der Waals surface area contributed by atoms with Gasteiger partial charge in [0.1, 0.15) is 0 Å². The van der Waals surface area contributed by atoms with Crippen LogP contribution in [0.5, 0.6) is 0 Å². The van der Waals surface area contributed by atoms with Crippen LogP contribution in [0.2, 0.25) is 0 Å². The molecule has 0 radical (unpaired) electrons. The lowest BCUT2D eigenvalue weighted by Gasteiger charge is -2.32. The molecular formula is C25H31N3O3S. The second-order valence-electron chi connectivity index (χ2n) is 8.42. The number of hydrogen-bond acceptors (Lipinski definition) is 3. The van der Waals surface area contributed by atoms with Gasteiger partial charge < -0.3 is 9.88 Å². The molecule has 0 spiro atoms. The van der Waals surface area contributed by atoms with Gasteiger partial charge in [0.15, 0.2) is 0 Å². The summed E-state index contributed by atoms with van der Waals surface area (Å²) >= 11 is 0. The SMILES string of the molecule is CCN(CC)S(=O)(=O)c1ccc(C)c(C(=O)N2CCC(c3c[nH]c4ccccc34)CC2)c1. The van der Waals surface area contributed by atoms with Crippen LogP contribution in [0.25, 0.3) is 10.9 Å². The number of amides is 1. The van der Waals surface area contributed by atoms with Crippen molar-refractivity contribution in [1.82, 2.24) is 14.2 Å². The van der Waals surface area contributed by atoms with Crippen molar-refractivity contribution >= 4 is 26.8 Å². The fourth-order valence-electron chi connectivity index (χ4n) is 4.70. The van der Waals surface area contributed by atoms with Crippen LogP contribution in [0.4, 0.5) is 0 Å². The molecule has 170 valence electrons. The summed E-state index contributed by atoms with van der Waals surface area (Å²) in [7, 11) is -3.60. The molecule has 0 unspecified atom stereocenters. The number of para-hydroxylation sites is 1. The number of rotatable bonds is 6. The van der Waals surface area contributed by atoms with E-state index >= 15 is 0 Å². The van der Waals surface area contributed by atoms with Crippen LogP contribution in [0.1, 0.15) is 54.1 Å². The number of carbonyl (C=O) groups is 1. The molecule has 1 aliphatic rings. The van der Waals surface area contributed by atoms with Crippen molar-refractivity contribution < 1.29 is 13.2 Å². The molecule has 0 bridgehead atoms. The first-order chi connectivity index (χ1) is 15.4. The Morgan fingerprint density at radius 2 is 1.78 bits per heavy atom. The van der Waals surface area contributed by atoms with Crippen molar-refractivity contribution in [3.63, 3.8) is 0 Å². The van der Waals surface area contributed by atoms with E-state index in [0.29, 0.717) is 37.7 Å². The Morgan fingerprint density at radius 3 is 2.47 bits per heavy atom. The summed E-state index contributed by atoms with van der Waals surface area (Å²) in [5.74, 6) is 0.321. The van der Waals surface area contributed by atoms with Crippen LogP contribution < -0.4 is 0 Å². The van der Waals surface area contributed by atoms with Crippen molar-refractivity contribution in [2.24, 2.45) is 0 Å². The molecule has 2 aromatic carbocycles. The Labute approximate surface area is 190 Å². The summed E-state index contributed by atoms with van der Waals surface area (Å²) in [4.78, 5) is 18.7. The minimum Gasteiger partial charge on any atom is -0.361 e. The standard InChI is InChI=1S/C25H31N3O3S/c1-4-28(5-2)32(30,31)20-11-10-18(3)22(16-20)25(29)27-14-12-19(13-15-27)23-17-26-24-9-7-6-8-21(23)24/h6-11,16-17,19,26H,4-5,12-15H2,1-3H3. The predicted molar refractivity (Wildman–Crippen MR) is 127 cm³/mol. The van der Waals surface area contributed by atoms with Gasteiger partial charge in [0, 0.05) is 48.8 Å². The van der Waals surface area contributed by atoms with Gasteiger partial charge in [-0.25, -0.2) is 8.42 Å². The maximum atomic E-state index is 13.3. The van der Waals surface area contributed by atoms with E-state index < -0.39 is 10.0 Å². The average molecular weight is 454 g/mol. The number of fused-ring (bicyclic) bond motifs is 1. The summed E-state index contributed by atoms with van der Waals surface area (Å²) in [6, 6.07) is 13.2. The molecule has 0 aliphatic carbocycles. The number of piperidine rings is 1. The van der Waals surface area contributed by atoms with Crippen molar-refractivity contribution in [3.8, 4) is 0 Å². The Bertz CT molecular complexity index is 1220. The number of aryl methyl sites for hydroxylation is 1. The lowest BCUT2D eigenvalue weighted by Crippen LogP contribution is -2.38. The molecule has 4 rings (SSSR count). The van der Waals surface area contributed by atoms with Crippen molar-refractivity contribution in [1.29, 1.82) is 0 Å². The first kappa shape index (κ1) is 22.6. The fourth-order valence-corrected chi connectivity index (χ4v) is 6.18. The number of nitrogens with zero attached hydrogens (tertiary/aromatic N) is 2. The third-order valence-corrected chi connectivity index (χ3v) is 8.67. The summed E-state index contributed by atoms with van der Waals surface area (Å²) in [6.45, 7) is 7.62. The summed E-state index contributed by atoms with van der Waals surface area (Å²) in [5.41, 5.74) is 3.73. The predicted octanol–water partition coefficient (Wildman–Crippen LogP) is 4.53. The van der Waals surface area contributed by atoms with Gasteiger partial charge in [-0.15, -0.1) is 0 Å². The normalized spacial score (nSPS) is 15.6. The molecule has 0 atom stereocenters. The first-order valence-electron chi connectivity index (χ1n) is 11.3. The lowest BCUT2D eigenvalue weighted by atomic mass is 9.89. The number of carbonyl (C=O) groups excluding carboxylic acids is 1. The largest absolute Gasteiger partial charge is 0.361 e. The molecule has 0 saturated carbocycles. The van der Waals surface area contributed by atoms with Crippen LogP contribution >= 0.6 is 0 Å². The number of benzene rings is 2. The maximum absolute atomic E-state index is 13.3. The van der Waals surface area contributed by atoms with E-state index in [1.165, 1.54) is 15.3 Å². The van der Waals surface area contributed by atoms with E-state index in [4.69, 9.17) is 0 Å². The Morgan fingerprint density at radius 1 is 1.09 bits per heavy atom. The monoisotopic (exact) mass is 453 g/mol. The highest BCUT2D eigenvalue weighted by Crippen LogP contribution is 2.33. The van der Waals surface area contributed by atoms with Gasteiger partial charge in [-0.2, -0.15) is 4.31 Å². The molecule has 1 saturated heterocycles. The van der Waals surface area contributed by atoms with Gasteiger partial charge in [0.2, 0.25) is 10.0 Å². The third-order valence-electron chi connectivity index (χ3n) is 6.63. The zero-order valence-electron chi connectivity index (χ0n) is 19.0. The topological polar surface area (TPSA) is 73.5 Å². The second-order valence-corrected chi connectivity index (χ2v) is 10.4. The van der Waals surface area contributed by atoms with E-state index in [-0.39, 0.29) is 10.8 Å². The van der Waals surface area contributed by atoms with E-state index in [0.717, 1.165) is 23.9 Å². The van der Waals surface area contributed by atoms with Crippen molar-refractivity contribution in [2.45, 2.75) is 44.4 Å². The Hall–Kier alpha value is -2.64. The minimum absolute atomic E-state index is 0.0866. The zero-order chi connectivity index (χ0) is 22.9. The molecule has 6 nitrogen and oxygen atoms in total. The number of aromatic nitrogens is 1. The van der Waals surface area contributed by atoms with E-state index in [9.17, 15) is 13.2 Å². The smallest absolute Gasteiger partial charge is 0.254 e. The average Bonchev–Trinajstić information content (AvgIpc) is 3.24. The van der Waals surface area contributed by atoms with Gasteiger partial charge in [-0.3, -0.25) is 4.79 Å². The highest BCUT2D eigenvalue weighted by Gasteiger charge is 2.28. The fraction of sp³-hybridized carbons (Fsp3) is 0.400.